The zero-order valence-electron chi connectivity index (χ0n) is 13.9. The lowest BCUT2D eigenvalue weighted by Gasteiger charge is -2.18. The maximum atomic E-state index is 5.39. The number of aryl methyl sites for hydroxylation is 3. The van der Waals surface area contributed by atoms with Crippen molar-refractivity contribution in [2.75, 3.05) is 18.0 Å². The molecule has 2 aromatic rings. The van der Waals surface area contributed by atoms with Gasteiger partial charge in [-0.2, -0.15) is 0 Å². The molecule has 3 rings (SSSR count). The molecule has 1 heterocycles. The van der Waals surface area contributed by atoms with Crippen molar-refractivity contribution in [3.8, 4) is 12.3 Å². The minimum absolute atomic E-state index is 1.01. The molecule has 1 heteroatoms. The molecule has 0 amide bonds. The van der Waals surface area contributed by atoms with Gasteiger partial charge in [-0.1, -0.05) is 41.3 Å². The van der Waals surface area contributed by atoms with Crippen molar-refractivity contribution in [1.82, 2.24) is 0 Å². The molecule has 0 N–H and O–H groups in total. The molecule has 0 aliphatic carbocycles. The summed E-state index contributed by atoms with van der Waals surface area (Å²) >= 11 is 0. The van der Waals surface area contributed by atoms with E-state index in [9.17, 15) is 0 Å². The highest BCUT2D eigenvalue weighted by molar-refractivity contribution is 5.54. The highest BCUT2D eigenvalue weighted by Crippen LogP contribution is 2.22. The van der Waals surface area contributed by atoms with Crippen molar-refractivity contribution in [3.05, 3.63) is 64.7 Å². The summed E-state index contributed by atoms with van der Waals surface area (Å²) in [5.41, 5.74) is 6.19. The number of terminal acetylenes is 1. The van der Waals surface area contributed by atoms with E-state index in [1.807, 2.05) is 6.07 Å². The zero-order chi connectivity index (χ0) is 15.9. The van der Waals surface area contributed by atoms with Crippen LogP contribution in [0.5, 0.6) is 0 Å². The van der Waals surface area contributed by atoms with Gasteiger partial charge in [-0.15, -0.1) is 6.42 Å². The Morgan fingerprint density at radius 3 is 1.86 bits per heavy atom. The van der Waals surface area contributed by atoms with Gasteiger partial charge in [-0.25, -0.2) is 0 Å². The number of nitrogens with zero attached hydrogens (tertiary/aromatic N) is 1. The van der Waals surface area contributed by atoms with Crippen LogP contribution in [0.15, 0.2) is 42.5 Å². The van der Waals surface area contributed by atoms with Crippen LogP contribution in [0.4, 0.5) is 5.69 Å². The van der Waals surface area contributed by atoms with Crippen LogP contribution in [0.1, 0.15) is 35.1 Å². The van der Waals surface area contributed by atoms with Crippen LogP contribution >= 0.6 is 0 Å². The summed E-state index contributed by atoms with van der Waals surface area (Å²) in [6.07, 6.45) is 8.02. The summed E-state index contributed by atoms with van der Waals surface area (Å²) < 4.78 is 0. The maximum absolute atomic E-state index is 5.39. The molecule has 1 nitrogen and oxygen atoms in total. The summed E-state index contributed by atoms with van der Waals surface area (Å²) in [5.74, 6) is 2.69. The lowest BCUT2D eigenvalue weighted by atomic mass is 10.1. The third-order valence-corrected chi connectivity index (χ3v) is 4.05. The third kappa shape index (κ3) is 4.40. The van der Waals surface area contributed by atoms with E-state index in [0.29, 0.717) is 0 Å². The van der Waals surface area contributed by atoms with E-state index in [1.165, 1.54) is 48.3 Å². The molecule has 1 aliphatic rings. The first-order chi connectivity index (χ1) is 10.6. The summed E-state index contributed by atoms with van der Waals surface area (Å²) in [4.78, 5) is 2.42. The average Bonchev–Trinajstić information content (AvgIpc) is 3.05. The van der Waals surface area contributed by atoms with E-state index in [2.05, 4.69) is 68.0 Å². The second kappa shape index (κ2) is 7.71. The van der Waals surface area contributed by atoms with Gasteiger partial charge in [0.25, 0.3) is 0 Å². The SMILES string of the molecule is C#Cc1ccc(N2CCCC2)cc1C.Cc1ccc(C)cc1. The molecule has 0 unspecified atom stereocenters. The lowest BCUT2D eigenvalue weighted by molar-refractivity contribution is 0.949. The van der Waals surface area contributed by atoms with Gasteiger partial charge in [0.1, 0.15) is 0 Å². The van der Waals surface area contributed by atoms with Crippen LogP contribution in [0, 0.1) is 33.1 Å². The smallest absolute Gasteiger partial charge is 0.0369 e. The van der Waals surface area contributed by atoms with E-state index in [0.717, 1.165) is 5.56 Å². The lowest BCUT2D eigenvalue weighted by Crippen LogP contribution is -2.17. The van der Waals surface area contributed by atoms with Gasteiger partial charge >= 0.3 is 0 Å². The first-order valence-electron chi connectivity index (χ1n) is 7.95. The van der Waals surface area contributed by atoms with E-state index in [-0.39, 0.29) is 0 Å². The maximum Gasteiger partial charge on any atom is 0.0369 e. The van der Waals surface area contributed by atoms with Gasteiger partial charge in [0.05, 0.1) is 0 Å². The van der Waals surface area contributed by atoms with Crippen LogP contribution in [0.2, 0.25) is 0 Å². The molecule has 0 bridgehead atoms. The molecule has 0 atom stereocenters. The fourth-order valence-electron chi connectivity index (χ4n) is 2.62. The Bertz CT molecular complexity index is 620. The summed E-state index contributed by atoms with van der Waals surface area (Å²) in [6, 6.07) is 14.9. The van der Waals surface area contributed by atoms with E-state index in [4.69, 9.17) is 6.42 Å². The van der Waals surface area contributed by atoms with Gasteiger partial charge < -0.3 is 4.90 Å². The predicted molar refractivity (Wildman–Crippen MR) is 96.5 cm³/mol. The summed E-state index contributed by atoms with van der Waals surface area (Å²) in [7, 11) is 0. The molecule has 1 saturated heterocycles. The summed E-state index contributed by atoms with van der Waals surface area (Å²) in [6.45, 7) is 8.65. The Labute approximate surface area is 135 Å². The second-order valence-corrected chi connectivity index (χ2v) is 5.99. The van der Waals surface area contributed by atoms with E-state index in [1.54, 1.807) is 0 Å². The molecule has 0 radical (unpaired) electrons. The Hall–Kier alpha value is -2.20. The molecule has 1 fully saturated rings. The van der Waals surface area contributed by atoms with Crippen LogP contribution in [0.25, 0.3) is 0 Å². The van der Waals surface area contributed by atoms with Crippen LogP contribution < -0.4 is 4.90 Å². The highest BCUT2D eigenvalue weighted by atomic mass is 15.1. The molecule has 0 aromatic heterocycles. The number of anilines is 1. The zero-order valence-corrected chi connectivity index (χ0v) is 13.9. The average molecular weight is 291 g/mol. The number of hydrogen-bond acceptors (Lipinski definition) is 1. The van der Waals surface area contributed by atoms with Gasteiger partial charge in [0.2, 0.25) is 0 Å². The van der Waals surface area contributed by atoms with Gasteiger partial charge in [0, 0.05) is 24.3 Å². The first kappa shape index (κ1) is 16.2. The van der Waals surface area contributed by atoms with Crippen molar-refractivity contribution in [1.29, 1.82) is 0 Å². The number of rotatable bonds is 1. The first-order valence-corrected chi connectivity index (χ1v) is 7.95. The van der Waals surface area contributed by atoms with Crippen molar-refractivity contribution < 1.29 is 0 Å². The quantitative estimate of drug-likeness (QED) is 0.677. The molecule has 0 saturated carbocycles. The highest BCUT2D eigenvalue weighted by Gasteiger charge is 2.12. The fourth-order valence-corrected chi connectivity index (χ4v) is 2.62. The molecular weight excluding hydrogens is 266 g/mol. The van der Waals surface area contributed by atoms with Gasteiger partial charge in [-0.3, -0.25) is 0 Å². The standard InChI is InChI=1S/C13H15N.C8H10/c1-3-12-6-7-13(10-11(12)2)14-8-4-5-9-14;1-7-3-5-8(2)6-4-7/h1,6-7,10H,4-5,8-9H2,2H3;3-6H,1-2H3. The van der Waals surface area contributed by atoms with Gasteiger partial charge in [0.15, 0.2) is 0 Å². The van der Waals surface area contributed by atoms with Crippen molar-refractivity contribution in [2.45, 2.75) is 33.6 Å². The fraction of sp³-hybridized carbons (Fsp3) is 0.333. The minimum Gasteiger partial charge on any atom is -0.372 e. The molecular formula is C21H25N. The number of benzene rings is 2. The Balaban J connectivity index is 0.000000188. The Morgan fingerprint density at radius 1 is 0.864 bits per heavy atom. The van der Waals surface area contributed by atoms with Gasteiger partial charge in [-0.05, 0) is 57.4 Å². The Morgan fingerprint density at radius 2 is 1.41 bits per heavy atom. The van der Waals surface area contributed by atoms with E-state index < -0.39 is 0 Å². The third-order valence-electron chi connectivity index (χ3n) is 4.05. The molecule has 114 valence electrons. The van der Waals surface area contributed by atoms with Crippen molar-refractivity contribution in [3.63, 3.8) is 0 Å². The largest absolute Gasteiger partial charge is 0.372 e. The van der Waals surface area contributed by atoms with Crippen LogP contribution in [-0.4, -0.2) is 13.1 Å². The summed E-state index contributed by atoms with van der Waals surface area (Å²) in [5, 5.41) is 0. The second-order valence-electron chi connectivity index (χ2n) is 5.99. The van der Waals surface area contributed by atoms with Crippen molar-refractivity contribution in [2.24, 2.45) is 0 Å². The monoisotopic (exact) mass is 291 g/mol. The minimum atomic E-state index is 1.01. The molecule has 0 spiro atoms. The van der Waals surface area contributed by atoms with E-state index >= 15 is 0 Å². The normalized spacial score (nSPS) is 13.3. The van der Waals surface area contributed by atoms with Crippen molar-refractivity contribution >= 4 is 5.69 Å². The predicted octanol–water partition coefficient (Wildman–Crippen LogP) is 4.88. The van der Waals surface area contributed by atoms with Crippen LogP contribution in [0.3, 0.4) is 0 Å². The number of hydrogen-bond donors (Lipinski definition) is 0. The topological polar surface area (TPSA) is 3.24 Å². The molecule has 2 aromatic carbocycles. The Kier molecular flexibility index (Phi) is 5.67. The van der Waals surface area contributed by atoms with Crippen LogP contribution in [-0.2, 0) is 0 Å². The molecule has 1 aliphatic heterocycles. The molecule has 22 heavy (non-hydrogen) atoms.